The molecule has 9 heteroatoms. The van der Waals surface area contributed by atoms with Crippen molar-refractivity contribution in [3.05, 3.63) is 99.5 Å². The largest absolute Gasteiger partial charge is 0.352 e. The minimum absolute atomic E-state index is 0.0909. The first-order chi connectivity index (χ1) is 19.3. The van der Waals surface area contributed by atoms with Crippen LogP contribution in [0.3, 0.4) is 0 Å². The summed E-state index contributed by atoms with van der Waals surface area (Å²) in [7, 11) is -3.57. The Morgan fingerprint density at radius 3 is 2.07 bits per heavy atom. The van der Waals surface area contributed by atoms with Crippen molar-refractivity contribution in [1.29, 1.82) is 0 Å². The van der Waals surface area contributed by atoms with Gasteiger partial charge in [0.1, 0.15) is 6.04 Å². The maximum atomic E-state index is 13.9. The number of hydrogen-bond donors (Lipinski definition) is 1. The number of benzene rings is 3. The summed E-state index contributed by atoms with van der Waals surface area (Å²) >= 11 is 3.46. The number of amides is 2. The highest BCUT2D eigenvalue weighted by molar-refractivity contribution is 9.10. The molecule has 0 aliphatic carbocycles. The van der Waals surface area contributed by atoms with Gasteiger partial charge in [0.15, 0.2) is 0 Å². The molecule has 0 bridgehead atoms. The van der Waals surface area contributed by atoms with Crippen LogP contribution < -0.4 is 9.62 Å². The van der Waals surface area contributed by atoms with E-state index in [0.717, 1.165) is 26.7 Å². The monoisotopic (exact) mass is 641 g/mol. The first-order valence-electron chi connectivity index (χ1n) is 13.8. The highest BCUT2D eigenvalue weighted by atomic mass is 79.9. The minimum atomic E-state index is -3.57. The molecule has 0 fully saturated rings. The number of hydrogen-bond acceptors (Lipinski definition) is 4. The van der Waals surface area contributed by atoms with Gasteiger partial charge in [-0.15, -0.1) is 0 Å². The van der Waals surface area contributed by atoms with E-state index >= 15 is 0 Å². The van der Waals surface area contributed by atoms with Crippen LogP contribution in [-0.4, -0.2) is 50.0 Å². The average Bonchev–Trinajstić information content (AvgIpc) is 2.88. The van der Waals surface area contributed by atoms with Crippen LogP contribution in [-0.2, 0) is 32.6 Å². The Morgan fingerprint density at radius 1 is 0.902 bits per heavy atom. The maximum Gasteiger partial charge on any atom is 0.243 e. The Hall–Kier alpha value is -3.17. The Balaban J connectivity index is 1.89. The van der Waals surface area contributed by atoms with E-state index in [0.29, 0.717) is 18.5 Å². The molecule has 41 heavy (non-hydrogen) atoms. The molecule has 2 amide bonds. The van der Waals surface area contributed by atoms with Crippen LogP contribution in [0.5, 0.6) is 0 Å². The fourth-order valence-corrected chi connectivity index (χ4v) is 6.03. The molecule has 0 heterocycles. The summed E-state index contributed by atoms with van der Waals surface area (Å²) in [6.45, 7) is 8.05. The van der Waals surface area contributed by atoms with E-state index in [2.05, 4.69) is 21.2 Å². The third-order valence-corrected chi connectivity index (χ3v) is 8.34. The predicted molar refractivity (Wildman–Crippen MR) is 169 cm³/mol. The van der Waals surface area contributed by atoms with E-state index in [1.807, 2.05) is 100 Å². The van der Waals surface area contributed by atoms with Crippen LogP contribution in [0.1, 0.15) is 48.9 Å². The maximum absolute atomic E-state index is 13.9. The number of carbonyl (C=O) groups is 2. The molecule has 7 nitrogen and oxygen atoms in total. The Kier molecular flexibility index (Phi) is 11.5. The molecule has 0 aliphatic rings. The van der Waals surface area contributed by atoms with E-state index < -0.39 is 16.1 Å². The van der Waals surface area contributed by atoms with Crippen molar-refractivity contribution in [3.63, 3.8) is 0 Å². The normalized spacial score (nSPS) is 12.2. The van der Waals surface area contributed by atoms with Gasteiger partial charge in [-0.2, -0.15) is 0 Å². The highest BCUT2D eigenvalue weighted by Crippen LogP contribution is 2.23. The lowest BCUT2D eigenvalue weighted by atomic mass is 10.0. The van der Waals surface area contributed by atoms with Crippen molar-refractivity contribution in [1.82, 2.24) is 10.2 Å². The van der Waals surface area contributed by atoms with Gasteiger partial charge in [0.25, 0.3) is 0 Å². The summed E-state index contributed by atoms with van der Waals surface area (Å²) < 4.78 is 27.7. The summed E-state index contributed by atoms with van der Waals surface area (Å²) in [4.78, 5) is 29.0. The number of halogens is 1. The summed E-state index contributed by atoms with van der Waals surface area (Å²) in [5.41, 5.74) is 4.35. The quantitative estimate of drug-likeness (QED) is 0.256. The topological polar surface area (TPSA) is 86.8 Å². The van der Waals surface area contributed by atoms with Gasteiger partial charge in [-0.3, -0.25) is 13.9 Å². The summed E-state index contributed by atoms with van der Waals surface area (Å²) in [6.07, 6.45) is 1.94. The first kappa shape index (κ1) is 32.3. The van der Waals surface area contributed by atoms with Crippen LogP contribution in [0, 0.1) is 13.8 Å². The molecule has 3 aromatic carbocycles. The number of nitrogens with zero attached hydrogens (tertiary/aromatic N) is 2. The Morgan fingerprint density at radius 2 is 1.51 bits per heavy atom. The van der Waals surface area contributed by atoms with Gasteiger partial charge < -0.3 is 10.2 Å². The van der Waals surface area contributed by atoms with Gasteiger partial charge >= 0.3 is 0 Å². The van der Waals surface area contributed by atoms with Crippen molar-refractivity contribution < 1.29 is 18.0 Å². The molecular formula is C32H40BrN3O4S. The van der Waals surface area contributed by atoms with Gasteiger partial charge in [-0.25, -0.2) is 8.42 Å². The van der Waals surface area contributed by atoms with Gasteiger partial charge in [0, 0.05) is 36.4 Å². The van der Waals surface area contributed by atoms with Crippen LogP contribution in [0.25, 0.3) is 0 Å². The lowest BCUT2D eigenvalue weighted by Crippen LogP contribution is -2.51. The summed E-state index contributed by atoms with van der Waals surface area (Å²) in [5, 5.41) is 2.99. The molecule has 0 saturated carbocycles. The fraction of sp³-hybridized carbons (Fsp3) is 0.375. The van der Waals surface area contributed by atoms with Crippen molar-refractivity contribution in [3.8, 4) is 0 Å². The van der Waals surface area contributed by atoms with E-state index in [1.165, 1.54) is 10.6 Å². The predicted octanol–water partition coefficient (Wildman–Crippen LogP) is 5.78. The zero-order valence-corrected chi connectivity index (χ0v) is 26.8. The molecule has 1 atom stereocenters. The number of anilines is 1. The van der Waals surface area contributed by atoms with E-state index in [1.54, 1.807) is 4.90 Å². The molecule has 1 unspecified atom stereocenters. The highest BCUT2D eigenvalue weighted by Gasteiger charge is 2.31. The standard InChI is InChI=1S/C32H40BrN3O4S/c1-23(2)34-32(38)30(21-26-10-7-6-8-11-26)35(22-27-13-15-28(33)16-14-27)31(37)12-9-17-36(41(5,39)40)29-19-24(3)18-25(4)20-29/h6-8,10-11,13-16,18-20,23,30H,9,12,17,21-22H2,1-5H3,(H,34,38). The third kappa shape index (κ3) is 10.0. The first-order valence-corrected chi connectivity index (χ1v) is 16.4. The van der Waals surface area contributed by atoms with Crippen LogP contribution in [0.15, 0.2) is 77.3 Å². The molecule has 0 radical (unpaired) electrons. The zero-order valence-electron chi connectivity index (χ0n) is 24.4. The molecule has 0 aliphatic heterocycles. The van der Waals surface area contributed by atoms with Crippen LogP contribution in [0.2, 0.25) is 0 Å². The summed E-state index contributed by atoms with van der Waals surface area (Å²) in [5.74, 6) is -0.427. The van der Waals surface area contributed by atoms with Gasteiger partial charge in [-0.05, 0) is 80.6 Å². The average molecular weight is 643 g/mol. The van der Waals surface area contributed by atoms with Gasteiger partial charge in [0.05, 0.1) is 11.9 Å². The molecule has 3 rings (SSSR count). The van der Waals surface area contributed by atoms with Crippen molar-refractivity contribution in [2.24, 2.45) is 0 Å². The number of carbonyl (C=O) groups excluding carboxylic acids is 2. The van der Waals surface area contributed by atoms with Gasteiger partial charge in [-0.1, -0.05) is 64.5 Å². The number of rotatable bonds is 13. The Bertz CT molecular complexity index is 1410. The lowest BCUT2D eigenvalue weighted by Gasteiger charge is -2.32. The number of aryl methyl sites for hydroxylation is 2. The minimum Gasteiger partial charge on any atom is -0.352 e. The van der Waals surface area contributed by atoms with Crippen molar-refractivity contribution >= 4 is 43.5 Å². The SMILES string of the molecule is Cc1cc(C)cc(N(CCCC(=O)N(Cc2ccc(Br)cc2)C(Cc2ccccc2)C(=O)NC(C)C)S(C)(=O)=O)c1. The Labute approximate surface area is 253 Å². The lowest BCUT2D eigenvalue weighted by molar-refractivity contribution is -0.141. The molecule has 1 N–H and O–H groups in total. The number of sulfonamides is 1. The fourth-order valence-electron chi connectivity index (χ4n) is 4.82. The second-order valence-electron chi connectivity index (χ2n) is 10.8. The van der Waals surface area contributed by atoms with Gasteiger partial charge in [0.2, 0.25) is 21.8 Å². The van der Waals surface area contributed by atoms with Crippen LogP contribution in [0.4, 0.5) is 5.69 Å². The zero-order chi connectivity index (χ0) is 30.2. The van der Waals surface area contributed by atoms with Crippen LogP contribution >= 0.6 is 15.9 Å². The smallest absolute Gasteiger partial charge is 0.243 e. The van der Waals surface area contributed by atoms with Crippen molar-refractivity contribution in [2.45, 2.75) is 65.6 Å². The molecule has 0 aromatic heterocycles. The van der Waals surface area contributed by atoms with Crippen molar-refractivity contribution in [2.75, 3.05) is 17.1 Å². The second kappa shape index (κ2) is 14.6. The molecule has 0 saturated heterocycles. The second-order valence-corrected chi connectivity index (χ2v) is 13.6. The van der Waals surface area contributed by atoms with E-state index in [9.17, 15) is 18.0 Å². The molecular weight excluding hydrogens is 602 g/mol. The molecule has 0 spiro atoms. The number of nitrogens with one attached hydrogen (secondary N) is 1. The molecule has 3 aromatic rings. The molecule has 220 valence electrons. The van der Waals surface area contributed by atoms with E-state index in [-0.39, 0.29) is 37.4 Å². The summed E-state index contributed by atoms with van der Waals surface area (Å²) in [6, 6.07) is 22.2. The third-order valence-electron chi connectivity index (χ3n) is 6.61. The van der Waals surface area contributed by atoms with E-state index in [4.69, 9.17) is 0 Å².